The predicted molar refractivity (Wildman–Crippen MR) is 67.8 cm³/mol. The Morgan fingerprint density at radius 3 is 3.00 bits per heavy atom. The summed E-state index contributed by atoms with van der Waals surface area (Å²) in [5.41, 5.74) is 0. The maximum atomic E-state index is 10.9. The van der Waals surface area contributed by atoms with Crippen LogP contribution in [0.1, 0.15) is 17.9 Å². The van der Waals surface area contributed by atoms with Crippen molar-refractivity contribution < 1.29 is 9.90 Å². The van der Waals surface area contributed by atoms with Crippen LogP contribution in [0.15, 0.2) is 34.1 Å². The number of carbonyl (C=O) groups excluding carboxylic acids is 1. The summed E-state index contributed by atoms with van der Waals surface area (Å²) in [4.78, 5) is 16.4. The van der Waals surface area contributed by atoms with Crippen molar-refractivity contribution in [1.82, 2.24) is 4.57 Å². The van der Waals surface area contributed by atoms with Crippen molar-refractivity contribution in [2.75, 3.05) is 0 Å². The van der Waals surface area contributed by atoms with Gasteiger partial charge < -0.3 is 9.67 Å². The van der Waals surface area contributed by atoms with Crippen LogP contribution in [-0.4, -0.2) is 15.6 Å². The summed E-state index contributed by atoms with van der Waals surface area (Å²) in [7, 11) is 0. The smallest absolute Gasteiger partial charge is 0.245 e. The molecule has 4 nitrogen and oxygen atoms in total. The van der Waals surface area contributed by atoms with E-state index in [2.05, 4.69) is 4.99 Å². The van der Waals surface area contributed by atoms with Gasteiger partial charge in [-0.15, -0.1) is 22.7 Å². The summed E-state index contributed by atoms with van der Waals surface area (Å²) in [6.07, 6.45) is 1.26. The molecule has 1 atom stereocenters. The monoisotopic (exact) mass is 268 g/mol. The number of hydrogen-bond donors (Lipinski definition) is 1. The number of amides is 1. The number of thiazole rings is 1. The summed E-state index contributed by atoms with van der Waals surface area (Å²) < 4.78 is 1.79. The van der Waals surface area contributed by atoms with E-state index in [1.165, 1.54) is 29.6 Å². The maximum Gasteiger partial charge on any atom is 0.245 e. The molecule has 0 aliphatic carbocycles. The minimum atomic E-state index is -0.560. The Bertz CT molecular complexity index is 554. The van der Waals surface area contributed by atoms with Crippen LogP contribution < -0.4 is 4.80 Å². The normalized spacial score (nSPS) is 13.9. The molecule has 0 aliphatic rings. The Hall–Kier alpha value is -1.24. The minimum Gasteiger partial charge on any atom is -0.386 e. The van der Waals surface area contributed by atoms with Gasteiger partial charge in [0.1, 0.15) is 6.10 Å². The Morgan fingerprint density at radius 1 is 1.53 bits per heavy atom. The van der Waals surface area contributed by atoms with E-state index in [4.69, 9.17) is 0 Å². The highest BCUT2D eigenvalue weighted by molar-refractivity contribution is 7.10. The van der Waals surface area contributed by atoms with Gasteiger partial charge in [0.25, 0.3) is 0 Å². The van der Waals surface area contributed by atoms with Gasteiger partial charge in [0.2, 0.25) is 5.91 Å². The fraction of sp³-hybridized carbons (Fsp3) is 0.273. The van der Waals surface area contributed by atoms with E-state index in [0.717, 1.165) is 4.88 Å². The van der Waals surface area contributed by atoms with Crippen molar-refractivity contribution in [3.63, 3.8) is 0 Å². The zero-order chi connectivity index (χ0) is 12.3. The van der Waals surface area contributed by atoms with Crippen LogP contribution in [0.5, 0.6) is 0 Å². The molecule has 0 fully saturated rings. The number of thiophene rings is 1. The third kappa shape index (κ3) is 3.12. The average molecular weight is 268 g/mol. The summed E-state index contributed by atoms with van der Waals surface area (Å²) in [6.45, 7) is 1.83. The third-order valence-electron chi connectivity index (χ3n) is 2.15. The van der Waals surface area contributed by atoms with Crippen LogP contribution in [0.3, 0.4) is 0 Å². The van der Waals surface area contributed by atoms with E-state index in [1.54, 1.807) is 4.57 Å². The first-order chi connectivity index (χ1) is 8.16. The molecule has 0 aromatic carbocycles. The van der Waals surface area contributed by atoms with Crippen LogP contribution >= 0.6 is 22.7 Å². The van der Waals surface area contributed by atoms with E-state index in [9.17, 15) is 9.90 Å². The number of rotatable bonds is 3. The second kappa shape index (κ2) is 5.39. The molecule has 2 heterocycles. The highest BCUT2D eigenvalue weighted by atomic mass is 32.1. The highest BCUT2D eigenvalue weighted by Crippen LogP contribution is 2.19. The van der Waals surface area contributed by atoms with Gasteiger partial charge in [-0.1, -0.05) is 6.07 Å². The van der Waals surface area contributed by atoms with Crippen LogP contribution in [0, 0.1) is 0 Å². The zero-order valence-corrected chi connectivity index (χ0v) is 10.9. The molecule has 1 unspecified atom stereocenters. The standard InChI is InChI=1S/C11H12N2O2S2/c1-8(14)12-11-13(4-6-17-11)7-9(15)10-3-2-5-16-10/h2-6,9,15H,7H2,1H3. The van der Waals surface area contributed by atoms with Crippen molar-refractivity contribution in [3.05, 3.63) is 38.8 Å². The zero-order valence-electron chi connectivity index (χ0n) is 9.24. The molecule has 90 valence electrons. The molecular weight excluding hydrogens is 256 g/mol. The lowest BCUT2D eigenvalue weighted by atomic mass is 10.3. The molecule has 0 saturated carbocycles. The fourth-order valence-corrected chi connectivity index (χ4v) is 2.90. The van der Waals surface area contributed by atoms with E-state index in [1.807, 2.05) is 29.1 Å². The van der Waals surface area contributed by atoms with Crippen molar-refractivity contribution >= 4 is 28.6 Å². The van der Waals surface area contributed by atoms with Crippen LogP contribution in [0.4, 0.5) is 0 Å². The SMILES string of the molecule is CC(=O)N=c1sccn1CC(O)c1cccs1. The van der Waals surface area contributed by atoms with Gasteiger partial charge in [0, 0.05) is 23.4 Å². The first kappa shape index (κ1) is 12.2. The Balaban J connectivity index is 2.20. The third-order valence-corrected chi connectivity index (χ3v) is 3.92. The van der Waals surface area contributed by atoms with Gasteiger partial charge >= 0.3 is 0 Å². The summed E-state index contributed by atoms with van der Waals surface area (Å²) in [5.74, 6) is -0.230. The molecule has 2 aromatic rings. The molecule has 1 amide bonds. The quantitative estimate of drug-likeness (QED) is 0.922. The first-order valence-electron chi connectivity index (χ1n) is 5.07. The van der Waals surface area contributed by atoms with Gasteiger partial charge in [0.05, 0.1) is 6.54 Å². The second-order valence-corrected chi connectivity index (χ2v) is 5.35. The van der Waals surface area contributed by atoms with E-state index >= 15 is 0 Å². The first-order valence-corrected chi connectivity index (χ1v) is 6.83. The van der Waals surface area contributed by atoms with Crippen LogP contribution in [0.2, 0.25) is 0 Å². The summed E-state index contributed by atoms with van der Waals surface area (Å²) in [5, 5.41) is 13.8. The molecule has 2 aromatic heterocycles. The lowest BCUT2D eigenvalue weighted by molar-refractivity contribution is -0.116. The molecule has 0 radical (unpaired) electrons. The molecule has 2 rings (SSSR count). The number of aliphatic hydroxyl groups is 1. The van der Waals surface area contributed by atoms with E-state index < -0.39 is 6.10 Å². The number of aromatic nitrogens is 1. The molecule has 0 bridgehead atoms. The van der Waals surface area contributed by atoms with Crippen molar-refractivity contribution in [2.45, 2.75) is 19.6 Å². The molecule has 17 heavy (non-hydrogen) atoms. The van der Waals surface area contributed by atoms with Gasteiger partial charge in [-0.05, 0) is 11.4 Å². The maximum absolute atomic E-state index is 10.9. The highest BCUT2D eigenvalue weighted by Gasteiger charge is 2.10. The van der Waals surface area contributed by atoms with Crippen LogP contribution in [-0.2, 0) is 11.3 Å². The van der Waals surface area contributed by atoms with Crippen molar-refractivity contribution in [2.24, 2.45) is 4.99 Å². The van der Waals surface area contributed by atoms with Gasteiger partial charge in [-0.25, -0.2) is 0 Å². The average Bonchev–Trinajstić information content (AvgIpc) is 2.89. The summed E-state index contributed by atoms with van der Waals surface area (Å²) >= 11 is 2.90. The number of hydrogen-bond acceptors (Lipinski definition) is 4. The second-order valence-electron chi connectivity index (χ2n) is 3.50. The number of aliphatic hydroxyl groups excluding tert-OH is 1. The van der Waals surface area contributed by atoms with Gasteiger partial charge in [-0.2, -0.15) is 4.99 Å². The Morgan fingerprint density at radius 2 is 2.35 bits per heavy atom. The molecule has 0 saturated heterocycles. The lowest BCUT2D eigenvalue weighted by Crippen LogP contribution is -2.19. The summed E-state index contributed by atoms with van der Waals surface area (Å²) in [6, 6.07) is 3.80. The van der Waals surface area contributed by atoms with E-state index in [-0.39, 0.29) is 5.91 Å². The minimum absolute atomic E-state index is 0.230. The Labute approximate surface area is 107 Å². The van der Waals surface area contributed by atoms with E-state index in [0.29, 0.717) is 11.3 Å². The molecule has 6 heteroatoms. The molecule has 0 aliphatic heterocycles. The molecular formula is C11H12N2O2S2. The van der Waals surface area contributed by atoms with Gasteiger partial charge in [0.15, 0.2) is 4.80 Å². The fourth-order valence-electron chi connectivity index (χ4n) is 1.42. The van der Waals surface area contributed by atoms with Crippen molar-refractivity contribution in [3.8, 4) is 0 Å². The van der Waals surface area contributed by atoms with Crippen LogP contribution in [0.25, 0.3) is 0 Å². The molecule has 0 spiro atoms. The number of nitrogens with zero attached hydrogens (tertiary/aromatic N) is 2. The Kier molecular flexibility index (Phi) is 3.88. The molecule has 1 N–H and O–H groups in total. The topological polar surface area (TPSA) is 54.6 Å². The largest absolute Gasteiger partial charge is 0.386 e. The van der Waals surface area contributed by atoms with Gasteiger partial charge in [-0.3, -0.25) is 4.79 Å². The lowest BCUT2D eigenvalue weighted by Gasteiger charge is -2.09. The predicted octanol–water partition coefficient (Wildman–Crippen LogP) is 1.79. The van der Waals surface area contributed by atoms with Crippen molar-refractivity contribution in [1.29, 1.82) is 0 Å². The number of carbonyl (C=O) groups is 1.